The number of carbonyl (C=O) groups excluding carboxylic acids is 1. The summed E-state index contributed by atoms with van der Waals surface area (Å²) in [5.74, 6) is -0.853. The van der Waals surface area contributed by atoms with E-state index in [1.165, 1.54) is 19.1 Å². The Morgan fingerprint density at radius 1 is 1.47 bits per heavy atom. The summed E-state index contributed by atoms with van der Waals surface area (Å²) < 4.78 is 5.76. The first kappa shape index (κ1) is 13.0. The lowest BCUT2D eigenvalue weighted by Gasteiger charge is -2.15. The van der Waals surface area contributed by atoms with Crippen LogP contribution < -0.4 is 10.2 Å². The monoisotopic (exact) mass is 263 g/mol. The van der Waals surface area contributed by atoms with Crippen LogP contribution in [0.3, 0.4) is 0 Å². The fraction of sp³-hybridized carbons (Fsp3) is 0.250. The van der Waals surface area contributed by atoms with Gasteiger partial charge in [0.15, 0.2) is 0 Å². The van der Waals surface area contributed by atoms with Crippen molar-refractivity contribution in [3.05, 3.63) is 45.8 Å². The number of rotatable bonds is 3. The molecule has 0 amide bonds. The van der Waals surface area contributed by atoms with Crippen LogP contribution in [0.1, 0.15) is 16.2 Å². The summed E-state index contributed by atoms with van der Waals surface area (Å²) in [4.78, 5) is 23.9. The molecule has 0 bridgehead atoms. The molecule has 0 unspecified atom stereocenters. The summed E-state index contributed by atoms with van der Waals surface area (Å²) >= 11 is 0. The van der Waals surface area contributed by atoms with Crippen molar-refractivity contribution in [3.63, 3.8) is 0 Å². The van der Waals surface area contributed by atoms with E-state index in [0.29, 0.717) is 9.16 Å². The molecule has 0 aliphatic carbocycles. The number of fused-ring (bicyclic) bond motifs is 1. The van der Waals surface area contributed by atoms with Crippen molar-refractivity contribution in [3.8, 4) is 0 Å². The van der Waals surface area contributed by atoms with Crippen LogP contribution in [0.15, 0.2) is 24.3 Å². The zero-order valence-corrected chi connectivity index (χ0v) is 10.3. The van der Waals surface area contributed by atoms with E-state index < -0.39 is 5.97 Å². The second-order valence-corrected chi connectivity index (χ2v) is 3.94. The number of aromatic nitrogens is 2. The summed E-state index contributed by atoms with van der Waals surface area (Å²) in [5, 5.41) is 12.0. The van der Waals surface area contributed by atoms with Crippen LogP contribution in [0.5, 0.6) is 0 Å². The summed E-state index contributed by atoms with van der Waals surface area (Å²) in [5.41, 5.74) is 5.21. The van der Waals surface area contributed by atoms with Gasteiger partial charge in [-0.25, -0.2) is 4.79 Å². The van der Waals surface area contributed by atoms with Crippen LogP contribution in [0.25, 0.3) is 11.0 Å². The number of hydrogen-bond donors (Lipinski definition) is 1. The molecule has 0 saturated heterocycles. The largest absolute Gasteiger partial charge is 0.805 e. The molecule has 1 aromatic heterocycles. The highest BCUT2D eigenvalue weighted by Gasteiger charge is 2.28. The van der Waals surface area contributed by atoms with Gasteiger partial charge in [0.2, 0.25) is 0 Å². The fourth-order valence-electron chi connectivity index (χ4n) is 1.80. The van der Waals surface area contributed by atoms with Gasteiger partial charge in [-0.1, -0.05) is 12.1 Å². The van der Waals surface area contributed by atoms with Gasteiger partial charge in [-0.3, -0.25) is 0 Å². The van der Waals surface area contributed by atoms with Gasteiger partial charge in [0.05, 0.1) is 10.1 Å². The van der Waals surface area contributed by atoms with Crippen molar-refractivity contribution in [2.45, 2.75) is 6.92 Å². The second-order valence-electron chi connectivity index (χ2n) is 3.94. The lowest BCUT2D eigenvalue weighted by atomic mass is 10.2. The number of esters is 1. The topological polar surface area (TPSA) is 103 Å². The number of nitrogens with two attached hydrogens (primary N) is 1. The van der Waals surface area contributed by atoms with E-state index in [0.717, 1.165) is 0 Å². The molecule has 2 aromatic rings. The van der Waals surface area contributed by atoms with Crippen molar-refractivity contribution < 1.29 is 14.0 Å². The van der Waals surface area contributed by atoms with Crippen molar-refractivity contribution in [2.75, 3.05) is 13.2 Å². The number of hydrogen-bond acceptors (Lipinski definition) is 5. The van der Waals surface area contributed by atoms with Crippen LogP contribution in [0, 0.1) is 17.0 Å². The lowest BCUT2D eigenvalue weighted by molar-refractivity contribution is -0.469. The molecule has 1 aromatic carbocycles. The predicted molar refractivity (Wildman–Crippen MR) is 68.1 cm³/mol. The quantitative estimate of drug-likeness (QED) is 0.634. The summed E-state index contributed by atoms with van der Waals surface area (Å²) in [7, 11) is 0. The first-order valence-electron chi connectivity index (χ1n) is 5.69. The van der Waals surface area contributed by atoms with Crippen LogP contribution in [0.4, 0.5) is 0 Å². The van der Waals surface area contributed by atoms with Crippen LogP contribution in [-0.4, -0.2) is 23.9 Å². The number of benzene rings is 1. The molecule has 7 heteroatoms. The van der Waals surface area contributed by atoms with E-state index in [-0.39, 0.29) is 35.6 Å². The zero-order chi connectivity index (χ0) is 14.0. The maximum absolute atomic E-state index is 12.1. The van der Waals surface area contributed by atoms with Gasteiger partial charge < -0.3 is 20.4 Å². The average molecular weight is 263 g/mol. The minimum atomic E-state index is -0.853. The van der Waals surface area contributed by atoms with Crippen molar-refractivity contribution in [1.82, 2.24) is 4.73 Å². The normalized spacial score (nSPS) is 10.6. The molecule has 0 spiro atoms. The maximum Gasteiger partial charge on any atom is 0.410 e. The Morgan fingerprint density at radius 2 is 2.16 bits per heavy atom. The lowest BCUT2D eigenvalue weighted by Crippen LogP contribution is -2.32. The Labute approximate surface area is 108 Å². The summed E-state index contributed by atoms with van der Waals surface area (Å²) in [6.07, 6.45) is 0. The molecule has 0 fully saturated rings. The van der Waals surface area contributed by atoms with Crippen molar-refractivity contribution in [2.24, 2.45) is 5.73 Å². The Kier molecular flexibility index (Phi) is 3.48. The summed E-state index contributed by atoms with van der Waals surface area (Å²) in [6.45, 7) is 1.53. The maximum atomic E-state index is 12.1. The molecule has 100 valence electrons. The number of nitrogens with zero attached hydrogens (tertiary/aromatic N) is 2. The van der Waals surface area contributed by atoms with E-state index in [9.17, 15) is 14.9 Å². The third kappa shape index (κ3) is 2.15. The molecule has 0 aliphatic heterocycles. The first-order chi connectivity index (χ1) is 9.07. The van der Waals surface area contributed by atoms with E-state index >= 15 is 0 Å². The molecule has 0 radical (unpaired) electrons. The molecule has 2 rings (SSSR count). The SMILES string of the molecule is Cc1c(C(=O)OCCN)[n+](=O)c2ccccc2n1[O-]. The molecular weight excluding hydrogens is 250 g/mol. The zero-order valence-electron chi connectivity index (χ0n) is 10.3. The summed E-state index contributed by atoms with van der Waals surface area (Å²) in [6, 6.07) is 6.23. The Balaban J connectivity index is 2.68. The van der Waals surface area contributed by atoms with E-state index in [1.807, 2.05) is 0 Å². The molecular formula is C12H13N3O4. The Bertz CT molecular complexity index is 693. The van der Waals surface area contributed by atoms with Gasteiger partial charge >= 0.3 is 11.7 Å². The minimum absolute atomic E-state index is 0.00396. The highest BCUT2D eigenvalue weighted by molar-refractivity contribution is 5.88. The molecule has 19 heavy (non-hydrogen) atoms. The van der Waals surface area contributed by atoms with E-state index in [4.69, 9.17) is 10.5 Å². The molecule has 0 atom stereocenters. The van der Waals surface area contributed by atoms with Gasteiger partial charge in [0.25, 0.3) is 5.52 Å². The van der Waals surface area contributed by atoms with Gasteiger partial charge in [0.1, 0.15) is 12.1 Å². The van der Waals surface area contributed by atoms with Crippen molar-refractivity contribution in [1.29, 1.82) is 0 Å². The Hall–Kier alpha value is -2.41. The number of carbonyl (C=O) groups is 1. The third-order valence-electron chi connectivity index (χ3n) is 2.71. The van der Waals surface area contributed by atoms with Crippen molar-refractivity contribution >= 4 is 17.0 Å². The molecule has 2 N–H and O–H groups in total. The number of para-hydroxylation sites is 2. The van der Waals surface area contributed by atoms with Crippen LogP contribution >= 0.6 is 0 Å². The third-order valence-corrected chi connectivity index (χ3v) is 2.71. The Morgan fingerprint density at radius 3 is 2.84 bits per heavy atom. The van der Waals surface area contributed by atoms with Gasteiger partial charge in [-0.05, 0) is 13.0 Å². The molecule has 0 saturated carbocycles. The smallest absolute Gasteiger partial charge is 0.410 e. The van der Waals surface area contributed by atoms with E-state index in [1.54, 1.807) is 12.1 Å². The standard InChI is InChI=1S/C12H13N3O4/c1-8-11(12(16)19-7-6-13)15(18)10-5-3-2-4-9(10)14(8)17/h2-5H,6-7,13H2,1H3. The highest BCUT2D eigenvalue weighted by Crippen LogP contribution is 2.13. The van der Waals surface area contributed by atoms with Gasteiger partial charge in [-0.15, -0.1) is 0 Å². The highest BCUT2D eigenvalue weighted by atomic mass is 16.5. The van der Waals surface area contributed by atoms with Gasteiger partial charge in [-0.2, -0.15) is 0 Å². The second kappa shape index (κ2) is 5.07. The average Bonchev–Trinajstić information content (AvgIpc) is 2.43. The molecule has 0 aliphatic rings. The fourth-order valence-corrected chi connectivity index (χ4v) is 1.80. The van der Waals surface area contributed by atoms with Gasteiger partial charge in [0, 0.05) is 17.5 Å². The van der Waals surface area contributed by atoms with Crippen LogP contribution in [0.2, 0.25) is 0 Å². The first-order valence-corrected chi connectivity index (χ1v) is 5.69. The minimum Gasteiger partial charge on any atom is -0.805 e. The van der Waals surface area contributed by atoms with E-state index in [2.05, 4.69) is 0 Å². The molecule has 1 heterocycles. The predicted octanol–water partition coefficient (Wildman–Crippen LogP) is 0.326. The molecule has 7 nitrogen and oxygen atoms in total. The van der Waals surface area contributed by atoms with Crippen LogP contribution in [-0.2, 0) is 4.74 Å². The number of ether oxygens (including phenoxy) is 1.